The van der Waals surface area contributed by atoms with Crippen molar-refractivity contribution in [2.75, 3.05) is 20.8 Å². The second kappa shape index (κ2) is 10.7. The summed E-state index contributed by atoms with van der Waals surface area (Å²) in [4.78, 5) is 16.2. The van der Waals surface area contributed by atoms with Gasteiger partial charge in [-0.3, -0.25) is 4.99 Å². The van der Waals surface area contributed by atoms with Crippen LogP contribution in [0.1, 0.15) is 28.5 Å². The molecule has 1 aromatic heterocycles. The van der Waals surface area contributed by atoms with Crippen LogP contribution in [-0.4, -0.2) is 48.5 Å². The van der Waals surface area contributed by atoms with Gasteiger partial charge >= 0.3 is 12.1 Å². The number of esters is 1. The van der Waals surface area contributed by atoms with E-state index in [0.29, 0.717) is 33.1 Å². The van der Waals surface area contributed by atoms with Gasteiger partial charge in [0.1, 0.15) is 11.3 Å². The molecule has 184 valence electrons. The van der Waals surface area contributed by atoms with Crippen LogP contribution in [0.15, 0.2) is 58.8 Å². The number of aromatic nitrogens is 2. The summed E-state index contributed by atoms with van der Waals surface area (Å²) in [7, 11) is 3.01. The van der Waals surface area contributed by atoms with E-state index in [2.05, 4.69) is 15.2 Å². The molecule has 12 heteroatoms. The number of hydrogen-bond donors (Lipinski definition) is 1. The van der Waals surface area contributed by atoms with Gasteiger partial charge in [-0.2, -0.15) is 23.4 Å². The van der Waals surface area contributed by atoms with E-state index in [4.69, 9.17) is 20.1 Å². The van der Waals surface area contributed by atoms with Crippen LogP contribution in [0.25, 0.3) is 5.69 Å². The van der Waals surface area contributed by atoms with Gasteiger partial charge in [-0.05, 0) is 49.4 Å². The molecule has 0 aliphatic carbocycles. The minimum atomic E-state index is -4.83. The molecule has 0 aliphatic rings. The molecule has 0 bridgehead atoms. The largest absolute Gasteiger partial charge is 0.493 e. The maximum Gasteiger partial charge on any atom is 0.434 e. The predicted octanol–water partition coefficient (Wildman–Crippen LogP) is 4.15. The van der Waals surface area contributed by atoms with Crippen LogP contribution >= 0.6 is 0 Å². The highest BCUT2D eigenvalue weighted by Crippen LogP contribution is 2.34. The van der Waals surface area contributed by atoms with Crippen molar-refractivity contribution in [3.63, 3.8) is 0 Å². The Kier molecular flexibility index (Phi) is 7.74. The zero-order valence-electron chi connectivity index (χ0n) is 19.0. The van der Waals surface area contributed by atoms with E-state index in [1.807, 2.05) is 0 Å². The van der Waals surface area contributed by atoms with Gasteiger partial charge in [0.2, 0.25) is 0 Å². The zero-order valence-corrected chi connectivity index (χ0v) is 19.0. The molecule has 0 saturated heterocycles. The summed E-state index contributed by atoms with van der Waals surface area (Å²) >= 11 is 0. The van der Waals surface area contributed by atoms with Gasteiger partial charge in [0, 0.05) is 5.56 Å². The van der Waals surface area contributed by atoms with Crippen molar-refractivity contribution >= 4 is 23.6 Å². The van der Waals surface area contributed by atoms with Gasteiger partial charge in [0.05, 0.1) is 44.6 Å². The molecule has 0 aliphatic heterocycles. The van der Waals surface area contributed by atoms with E-state index < -0.39 is 23.4 Å². The van der Waals surface area contributed by atoms with E-state index in [-0.39, 0.29) is 12.3 Å². The summed E-state index contributed by atoms with van der Waals surface area (Å²) in [5.74, 6) is 5.41. The number of hydrazone groups is 1. The number of methoxy groups -OCH3 is 2. The molecule has 0 atom stereocenters. The van der Waals surface area contributed by atoms with Crippen molar-refractivity contribution in [1.82, 2.24) is 9.78 Å². The molecule has 1 heterocycles. The molecule has 0 unspecified atom stereocenters. The third-order valence-electron chi connectivity index (χ3n) is 4.78. The number of alkyl halides is 3. The molecule has 0 saturated carbocycles. The minimum Gasteiger partial charge on any atom is -0.493 e. The summed E-state index contributed by atoms with van der Waals surface area (Å²) in [6, 6.07) is 10.8. The Bertz CT molecular complexity index is 1250. The number of halogens is 3. The third kappa shape index (κ3) is 5.60. The first kappa shape index (κ1) is 25.3. The molecular formula is C23H22F3N5O4. The molecule has 9 nitrogen and oxygen atoms in total. The van der Waals surface area contributed by atoms with E-state index >= 15 is 0 Å². The SMILES string of the molecule is CCOC(=O)c1cnn(-c2ccc(N=CC(=NN)c3ccc(OC)c(OC)c3)cc2)c1C(F)(F)F. The lowest BCUT2D eigenvalue weighted by molar-refractivity contribution is -0.143. The first-order valence-electron chi connectivity index (χ1n) is 10.2. The fourth-order valence-electron chi connectivity index (χ4n) is 3.17. The fraction of sp³-hybridized carbons (Fsp3) is 0.217. The van der Waals surface area contributed by atoms with Crippen molar-refractivity contribution in [3.8, 4) is 17.2 Å². The molecule has 3 aromatic rings. The fourth-order valence-corrected chi connectivity index (χ4v) is 3.17. The summed E-state index contributed by atoms with van der Waals surface area (Å²) in [5.41, 5.74) is -0.441. The maximum absolute atomic E-state index is 13.7. The average molecular weight is 489 g/mol. The standard InChI is InChI=1S/C23H22F3N5O4/c1-4-35-22(32)17-12-29-31(21(17)23(24,25)26)16-8-6-15(7-9-16)28-13-18(30-27)14-5-10-19(33-2)20(11-14)34-3/h5-13H,4,27H2,1-3H3. The number of nitrogens with zero attached hydrogens (tertiary/aromatic N) is 4. The minimum absolute atomic E-state index is 0.0641. The van der Waals surface area contributed by atoms with Crippen molar-refractivity contribution in [1.29, 1.82) is 0 Å². The topological polar surface area (TPSA) is 113 Å². The van der Waals surface area contributed by atoms with E-state index in [0.717, 1.165) is 6.20 Å². The molecule has 2 N–H and O–H groups in total. The van der Waals surface area contributed by atoms with Gasteiger partial charge in [-0.15, -0.1) is 0 Å². The Morgan fingerprint density at radius 2 is 1.80 bits per heavy atom. The van der Waals surface area contributed by atoms with Crippen LogP contribution in [-0.2, 0) is 10.9 Å². The lowest BCUT2D eigenvalue weighted by atomic mass is 10.1. The average Bonchev–Trinajstić information content (AvgIpc) is 3.31. The van der Waals surface area contributed by atoms with Crippen LogP contribution in [0.5, 0.6) is 11.5 Å². The van der Waals surface area contributed by atoms with Gasteiger partial charge in [0.25, 0.3) is 0 Å². The first-order chi connectivity index (χ1) is 16.7. The number of ether oxygens (including phenoxy) is 3. The van der Waals surface area contributed by atoms with Crippen LogP contribution < -0.4 is 15.3 Å². The number of rotatable bonds is 8. The molecule has 3 rings (SSSR count). The summed E-state index contributed by atoms with van der Waals surface area (Å²) in [5, 5.41) is 7.47. The lowest BCUT2D eigenvalue weighted by Gasteiger charge is -2.12. The highest BCUT2D eigenvalue weighted by atomic mass is 19.4. The summed E-state index contributed by atoms with van der Waals surface area (Å²) in [6.45, 7) is 1.44. The molecular weight excluding hydrogens is 467 g/mol. The molecule has 35 heavy (non-hydrogen) atoms. The van der Waals surface area contributed by atoms with Crippen LogP contribution in [0, 0.1) is 0 Å². The molecule has 0 fully saturated rings. The molecule has 2 aromatic carbocycles. The number of hydrogen-bond acceptors (Lipinski definition) is 8. The smallest absolute Gasteiger partial charge is 0.434 e. The number of benzene rings is 2. The van der Waals surface area contributed by atoms with Crippen LogP contribution in [0.4, 0.5) is 18.9 Å². The van der Waals surface area contributed by atoms with Crippen molar-refractivity contribution in [3.05, 3.63) is 65.5 Å². The monoisotopic (exact) mass is 489 g/mol. The van der Waals surface area contributed by atoms with Gasteiger partial charge in [0.15, 0.2) is 17.2 Å². The number of aliphatic imine (C=N–C) groups is 1. The Morgan fingerprint density at radius 1 is 1.11 bits per heavy atom. The number of carbonyl (C=O) groups is 1. The van der Waals surface area contributed by atoms with Gasteiger partial charge in [-0.25, -0.2) is 9.48 Å². The van der Waals surface area contributed by atoms with Crippen LogP contribution in [0.3, 0.4) is 0 Å². The normalized spacial score (nSPS) is 12.1. The zero-order chi connectivity index (χ0) is 25.6. The Labute approximate surface area is 198 Å². The van der Waals surface area contributed by atoms with Gasteiger partial charge < -0.3 is 20.1 Å². The van der Waals surface area contributed by atoms with Crippen LogP contribution in [0.2, 0.25) is 0 Å². The van der Waals surface area contributed by atoms with Gasteiger partial charge in [-0.1, -0.05) is 0 Å². The van der Waals surface area contributed by atoms with E-state index in [1.54, 1.807) is 18.2 Å². The predicted molar refractivity (Wildman–Crippen MR) is 123 cm³/mol. The first-order valence-corrected chi connectivity index (χ1v) is 10.2. The molecule has 0 amide bonds. The third-order valence-corrected chi connectivity index (χ3v) is 4.78. The van der Waals surface area contributed by atoms with Crippen molar-refractivity contribution < 1.29 is 32.2 Å². The summed E-state index contributed by atoms with van der Waals surface area (Å²) < 4.78 is 56.9. The second-order valence-corrected chi connectivity index (χ2v) is 6.90. The number of carbonyl (C=O) groups excluding carboxylic acids is 1. The highest BCUT2D eigenvalue weighted by Gasteiger charge is 2.41. The summed E-state index contributed by atoms with van der Waals surface area (Å²) in [6.07, 6.45) is -2.59. The molecule has 0 spiro atoms. The van der Waals surface area contributed by atoms with E-state index in [1.165, 1.54) is 51.6 Å². The molecule has 0 radical (unpaired) electrons. The Balaban J connectivity index is 1.88. The maximum atomic E-state index is 13.7. The quantitative estimate of drug-likeness (QED) is 0.220. The van der Waals surface area contributed by atoms with E-state index in [9.17, 15) is 18.0 Å². The number of nitrogens with two attached hydrogens (primary N) is 1. The lowest BCUT2D eigenvalue weighted by Crippen LogP contribution is -2.18. The highest BCUT2D eigenvalue weighted by molar-refractivity contribution is 6.38. The van der Waals surface area contributed by atoms with Crippen molar-refractivity contribution in [2.24, 2.45) is 15.9 Å². The van der Waals surface area contributed by atoms with Crippen molar-refractivity contribution in [2.45, 2.75) is 13.1 Å². The Morgan fingerprint density at radius 3 is 2.37 bits per heavy atom. The second-order valence-electron chi connectivity index (χ2n) is 6.90. The Hall–Kier alpha value is -4.35.